The van der Waals surface area contributed by atoms with Crippen molar-refractivity contribution in [3.05, 3.63) is 12.7 Å². The maximum atomic E-state index is 9.67. The van der Waals surface area contributed by atoms with Crippen molar-refractivity contribution >= 4 is 4.00 Å². The summed E-state index contributed by atoms with van der Waals surface area (Å²) in [5.74, 6) is 0. The molecule has 0 saturated carbocycles. The summed E-state index contributed by atoms with van der Waals surface area (Å²) in [6.07, 6.45) is 1.25. The monoisotopic (exact) mass is 526 g/mol. The zero-order valence-corrected chi connectivity index (χ0v) is 11.0. The molecule has 0 aromatic carbocycles. The van der Waals surface area contributed by atoms with Gasteiger partial charge in [-0.2, -0.15) is 0 Å². The van der Waals surface area contributed by atoms with Crippen LogP contribution in [-0.4, -0.2) is 4.00 Å². The van der Waals surface area contributed by atoms with Crippen molar-refractivity contribution in [1.29, 1.82) is 0 Å². The normalized spacial score (nSPS) is 4.86. The smallest absolute Gasteiger partial charge is 0 e. The van der Waals surface area contributed by atoms with Gasteiger partial charge in [0.25, 0.3) is 0 Å². The summed E-state index contributed by atoms with van der Waals surface area (Å²) in [5.41, 5.74) is 0. The van der Waals surface area contributed by atoms with E-state index in [2.05, 4.69) is 6.58 Å². The summed E-state index contributed by atoms with van der Waals surface area (Å²) in [6, 6.07) is 0. The first kappa shape index (κ1) is 15.9. The van der Waals surface area contributed by atoms with E-state index in [4.69, 9.17) is 0 Å². The van der Waals surface area contributed by atoms with Crippen LogP contribution in [0.5, 0.6) is 0 Å². The summed E-state index contributed by atoms with van der Waals surface area (Å²) in [4.78, 5) is 9.67. The Labute approximate surface area is 86.2 Å². The minimum Gasteiger partial charge on any atom is 0 e. The second-order valence-electron chi connectivity index (χ2n) is 0.471. The van der Waals surface area contributed by atoms with Crippen LogP contribution in [0, 0.1) is 0 Å². The van der Waals surface area contributed by atoms with Crippen LogP contribution in [-0.2, 0) is 70.6 Å². The fourth-order valence-corrected chi connectivity index (χ4v) is 0. The number of rotatable bonds is 1. The molecule has 0 N–H and O–H groups in total. The molecule has 1 nitrogen and oxygen atoms in total. The quantitative estimate of drug-likeness (QED) is 0.354. The van der Waals surface area contributed by atoms with Crippen molar-refractivity contribution in [1.82, 2.24) is 0 Å². The number of hydrogen-bond donors (Lipinski definition) is 0. The van der Waals surface area contributed by atoms with E-state index in [9.17, 15) is 4.79 Å². The van der Waals surface area contributed by atoms with Crippen LogP contribution in [0.2, 0.25) is 0 Å². The molecule has 0 amide bonds. The summed E-state index contributed by atoms with van der Waals surface area (Å²) in [7, 11) is 0. The van der Waals surface area contributed by atoms with Gasteiger partial charge in [-0.25, -0.2) is 0 Å². The zero-order valence-electron chi connectivity index (χ0n) is 3.39. The first-order valence-electron chi connectivity index (χ1n) is 1.05. The van der Waals surface area contributed by atoms with E-state index < -0.39 is 0 Å². The summed E-state index contributed by atoms with van der Waals surface area (Å²) in [6.45, 7) is 3.20. The summed E-state index contributed by atoms with van der Waals surface area (Å²) < 4.78 is -0.0370. The molecule has 0 aliphatic carbocycles. The molecule has 0 aromatic rings. The maximum absolute atomic E-state index is 9.67. The summed E-state index contributed by atoms with van der Waals surface area (Å²) in [5, 5.41) is 0. The molecule has 0 spiro atoms. The van der Waals surface area contributed by atoms with E-state index in [-0.39, 0.29) is 48.8 Å². The Morgan fingerprint density at radius 3 is 1.86 bits per heavy atom. The van der Waals surface area contributed by atoms with Crippen LogP contribution in [0.3, 0.4) is 0 Å². The fourth-order valence-electron chi connectivity index (χ4n) is 0. The van der Waals surface area contributed by atoms with Gasteiger partial charge in [0, 0.05) is 44.8 Å². The molecule has 2 radical (unpaired) electrons. The average molecular weight is 526 g/mol. The molecule has 0 aromatic heterocycles. The molecule has 0 unspecified atom stereocenters. The van der Waals surface area contributed by atoms with E-state index in [1.807, 2.05) is 0 Å². The van der Waals surface area contributed by atoms with E-state index in [0.29, 0.717) is 0 Å². The van der Waals surface area contributed by atoms with Crippen LogP contribution in [0.4, 0.5) is 0 Å². The van der Waals surface area contributed by atoms with Crippen molar-refractivity contribution in [2.45, 2.75) is 0 Å². The van der Waals surface area contributed by atoms with Gasteiger partial charge in [-0.3, -0.25) is 0 Å². The Morgan fingerprint density at radius 1 is 1.71 bits per heavy atom. The van der Waals surface area contributed by atoms with E-state index in [1.54, 1.807) is 21.1 Å². The second kappa shape index (κ2) is 10.6. The van der Waals surface area contributed by atoms with Gasteiger partial charge in [0.2, 0.25) is 0 Å². The van der Waals surface area contributed by atoms with Gasteiger partial charge in [0.05, 0.1) is 0 Å². The first-order valence-corrected chi connectivity index (χ1v) is 2.14. The third-order valence-corrected chi connectivity index (χ3v) is 0.587. The van der Waals surface area contributed by atoms with E-state index >= 15 is 0 Å². The van der Waals surface area contributed by atoms with Crippen LogP contribution >= 0.6 is 0 Å². The molecule has 0 heterocycles. The molecule has 42 valence electrons. The second-order valence-corrected chi connectivity index (χ2v) is 1.54. The van der Waals surface area contributed by atoms with Crippen molar-refractivity contribution in [3.8, 4) is 0 Å². The van der Waals surface area contributed by atoms with Crippen molar-refractivity contribution < 1.29 is 70.6 Å². The molecule has 0 aliphatic heterocycles. The molecular weight excluding hydrogens is 523 g/mol. The molecule has 0 atom stereocenters. The van der Waals surface area contributed by atoms with Gasteiger partial charge >= 0.3 is 42.5 Å². The van der Waals surface area contributed by atoms with Gasteiger partial charge in [-0.05, 0) is 0 Å². The molecule has 4 heteroatoms. The molecule has 0 saturated heterocycles. The van der Waals surface area contributed by atoms with Crippen LogP contribution in [0.25, 0.3) is 0 Å². The average Bonchev–Trinajstić information content (AvgIpc) is 1.38. The SMILES string of the molecule is C=C[C](=O)[Au].[Nb].[Ta]. The molecule has 0 fully saturated rings. The number of allylic oxidation sites excluding steroid dienone is 1. The third kappa shape index (κ3) is 18.4. The van der Waals surface area contributed by atoms with Gasteiger partial charge in [0.1, 0.15) is 0 Å². The van der Waals surface area contributed by atoms with Gasteiger partial charge in [-0.15, -0.1) is 0 Å². The Morgan fingerprint density at radius 2 is 1.86 bits per heavy atom. The van der Waals surface area contributed by atoms with Crippen LogP contribution in [0.1, 0.15) is 0 Å². The van der Waals surface area contributed by atoms with E-state index in [1.165, 1.54) is 6.08 Å². The minimum absolute atomic E-state index is 0. The number of hydrogen-bond acceptors (Lipinski definition) is 1. The van der Waals surface area contributed by atoms with Crippen molar-refractivity contribution in [2.75, 3.05) is 0 Å². The number of carbonyl (C=O) groups excluding carboxylic acids is 1. The Kier molecular flexibility index (Phi) is 24.0. The first-order chi connectivity index (χ1) is 2.27. The largest absolute Gasteiger partial charge is 0 e. The molecule has 0 rings (SSSR count). The van der Waals surface area contributed by atoms with Crippen LogP contribution < -0.4 is 0 Å². The van der Waals surface area contributed by atoms with Crippen LogP contribution in [0.15, 0.2) is 12.7 Å². The standard InChI is InChI=1S/C3H3O.Au.Nb.Ta/c1-2-3-4;;;/h2H,1H2;;;. The predicted octanol–water partition coefficient (Wildman–Crippen LogP) is 0.241. The van der Waals surface area contributed by atoms with Gasteiger partial charge in [0.15, 0.2) is 0 Å². The van der Waals surface area contributed by atoms with Crippen molar-refractivity contribution in [3.63, 3.8) is 0 Å². The molecule has 0 bridgehead atoms. The Balaban J connectivity index is -0.0000000800. The Hall–Kier alpha value is 1.63. The Bertz CT molecular complexity index is 66.0. The molecule has 0 aliphatic rings. The molecule has 7 heavy (non-hydrogen) atoms. The number of carbonyl (C=O) groups is 1. The molecular formula is C3H3AuNbOTa. The maximum Gasteiger partial charge on any atom is 0 e. The van der Waals surface area contributed by atoms with Gasteiger partial charge in [-0.1, -0.05) is 0 Å². The summed E-state index contributed by atoms with van der Waals surface area (Å²) >= 11 is 1.81. The fraction of sp³-hybridized carbons (Fsp3) is 0. The topological polar surface area (TPSA) is 17.1 Å². The third-order valence-electron chi connectivity index (χ3n) is 0.145. The van der Waals surface area contributed by atoms with Gasteiger partial charge < -0.3 is 0 Å². The zero-order chi connectivity index (χ0) is 4.28. The van der Waals surface area contributed by atoms with E-state index in [0.717, 1.165) is 0 Å². The minimum atomic E-state index is -0.0370. The van der Waals surface area contributed by atoms with Crippen molar-refractivity contribution in [2.24, 2.45) is 0 Å². The predicted molar refractivity (Wildman–Crippen MR) is 15.2 cm³/mol.